The lowest BCUT2D eigenvalue weighted by atomic mass is 9.74. The standard InChI is InChI=1S/C17H23BrN2/c1-11(2)15-7-4-12(3)8-17(15)20-16-9-14(18)6-5-13(16)10-19/h5-6,9,11-12,15,17,20H,4,7-8H2,1-3H3. The Morgan fingerprint density at radius 1 is 1.35 bits per heavy atom. The molecule has 2 nitrogen and oxygen atoms in total. The molecule has 3 atom stereocenters. The van der Waals surface area contributed by atoms with Crippen molar-refractivity contribution in [2.45, 2.75) is 46.1 Å². The highest BCUT2D eigenvalue weighted by atomic mass is 79.9. The van der Waals surface area contributed by atoms with E-state index >= 15 is 0 Å². The average Bonchev–Trinajstić information content (AvgIpc) is 2.38. The number of nitrogens with zero attached hydrogens (tertiary/aromatic N) is 1. The molecule has 1 aromatic carbocycles. The van der Waals surface area contributed by atoms with Crippen LogP contribution in [-0.2, 0) is 0 Å². The molecule has 1 saturated carbocycles. The number of benzene rings is 1. The number of anilines is 1. The molecule has 0 heterocycles. The van der Waals surface area contributed by atoms with E-state index in [-0.39, 0.29) is 0 Å². The van der Waals surface area contributed by atoms with Gasteiger partial charge in [0.1, 0.15) is 6.07 Å². The monoisotopic (exact) mass is 334 g/mol. The summed E-state index contributed by atoms with van der Waals surface area (Å²) in [6, 6.07) is 8.58. The van der Waals surface area contributed by atoms with E-state index in [4.69, 9.17) is 0 Å². The Hall–Kier alpha value is -1.01. The highest BCUT2D eigenvalue weighted by Crippen LogP contribution is 2.36. The van der Waals surface area contributed by atoms with E-state index in [9.17, 15) is 5.26 Å². The molecular formula is C17H23BrN2. The lowest BCUT2D eigenvalue weighted by Crippen LogP contribution is -2.38. The van der Waals surface area contributed by atoms with E-state index in [2.05, 4.69) is 48.1 Å². The number of nitrogens with one attached hydrogen (secondary N) is 1. The summed E-state index contributed by atoms with van der Waals surface area (Å²) >= 11 is 3.50. The third-order valence-corrected chi connectivity index (χ3v) is 4.96. The molecule has 0 saturated heterocycles. The van der Waals surface area contributed by atoms with E-state index in [0.29, 0.717) is 17.9 Å². The number of hydrogen-bond acceptors (Lipinski definition) is 2. The van der Waals surface area contributed by atoms with Crippen LogP contribution < -0.4 is 5.32 Å². The summed E-state index contributed by atoms with van der Waals surface area (Å²) in [6.07, 6.45) is 3.80. The van der Waals surface area contributed by atoms with Gasteiger partial charge in [-0.05, 0) is 48.8 Å². The smallest absolute Gasteiger partial charge is 0.101 e. The van der Waals surface area contributed by atoms with Gasteiger partial charge in [-0.15, -0.1) is 0 Å². The summed E-state index contributed by atoms with van der Waals surface area (Å²) in [4.78, 5) is 0. The maximum absolute atomic E-state index is 9.26. The van der Waals surface area contributed by atoms with Crippen LogP contribution in [0.4, 0.5) is 5.69 Å². The maximum Gasteiger partial charge on any atom is 0.101 e. The van der Waals surface area contributed by atoms with Crippen LogP contribution in [-0.4, -0.2) is 6.04 Å². The predicted octanol–water partition coefficient (Wildman–Crippen LogP) is 5.19. The Bertz CT molecular complexity index is 504. The Morgan fingerprint density at radius 2 is 2.10 bits per heavy atom. The molecule has 1 fully saturated rings. The number of hydrogen-bond donors (Lipinski definition) is 1. The SMILES string of the molecule is CC1CCC(C(C)C)C(Nc2cc(Br)ccc2C#N)C1. The average molecular weight is 335 g/mol. The van der Waals surface area contributed by atoms with E-state index in [1.54, 1.807) is 0 Å². The van der Waals surface area contributed by atoms with Crippen LogP contribution in [0.3, 0.4) is 0 Å². The van der Waals surface area contributed by atoms with Gasteiger partial charge in [0.25, 0.3) is 0 Å². The molecule has 1 aromatic rings. The predicted molar refractivity (Wildman–Crippen MR) is 87.6 cm³/mol. The van der Waals surface area contributed by atoms with Crippen LogP contribution in [0.25, 0.3) is 0 Å². The fourth-order valence-electron chi connectivity index (χ4n) is 3.30. The molecule has 2 rings (SSSR count). The van der Waals surface area contributed by atoms with Crippen molar-refractivity contribution in [3.8, 4) is 6.07 Å². The highest BCUT2D eigenvalue weighted by Gasteiger charge is 2.30. The molecule has 0 bridgehead atoms. The summed E-state index contributed by atoms with van der Waals surface area (Å²) in [5, 5.41) is 12.9. The largest absolute Gasteiger partial charge is 0.381 e. The minimum Gasteiger partial charge on any atom is -0.381 e. The molecule has 0 aromatic heterocycles. The van der Waals surface area contributed by atoms with Crippen molar-refractivity contribution in [3.63, 3.8) is 0 Å². The summed E-state index contributed by atoms with van der Waals surface area (Å²) < 4.78 is 1.02. The second kappa shape index (κ2) is 6.63. The van der Waals surface area contributed by atoms with Crippen molar-refractivity contribution >= 4 is 21.6 Å². The van der Waals surface area contributed by atoms with Gasteiger partial charge in [-0.1, -0.05) is 43.1 Å². The summed E-state index contributed by atoms with van der Waals surface area (Å²) in [6.45, 7) is 6.94. The van der Waals surface area contributed by atoms with Crippen LogP contribution in [0, 0.1) is 29.1 Å². The lowest BCUT2D eigenvalue weighted by molar-refractivity contribution is 0.212. The topological polar surface area (TPSA) is 35.8 Å². The molecule has 0 aliphatic heterocycles. The van der Waals surface area contributed by atoms with Gasteiger partial charge in [-0.2, -0.15) is 5.26 Å². The molecule has 3 unspecified atom stereocenters. The minimum absolute atomic E-state index is 0.472. The molecule has 20 heavy (non-hydrogen) atoms. The molecule has 1 aliphatic rings. The number of nitriles is 1. The van der Waals surface area contributed by atoms with Crippen LogP contribution in [0.2, 0.25) is 0 Å². The van der Waals surface area contributed by atoms with Crippen LogP contribution >= 0.6 is 15.9 Å². The minimum atomic E-state index is 0.472. The molecule has 1 aliphatic carbocycles. The Morgan fingerprint density at radius 3 is 2.75 bits per heavy atom. The van der Waals surface area contributed by atoms with Crippen molar-refractivity contribution in [2.75, 3.05) is 5.32 Å². The second-order valence-electron chi connectivity index (χ2n) is 6.38. The molecule has 3 heteroatoms. The quantitative estimate of drug-likeness (QED) is 0.825. The van der Waals surface area contributed by atoms with Gasteiger partial charge in [0.15, 0.2) is 0 Å². The van der Waals surface area contributed by atoms with E-state index in [1.165, 1.54) is 19.3 Å². The van der Waals surface area contributed by atoms with Gasteiger partial charge in [-0.25, -0.2) is 0 Å². The van der Waals surface area contributed by atoms with Gasteiger partial charge >= 0.3 is 0 Å². The molecule has 0 radical (unpaired) electrons. The van der Waals surface area contributed by atoms with Gasteiger partial charge in [-0.3, -0.25) is 0 Å². The van der Waals surface area contributed by atoms with Crippen LogP contribution in [0.1, 0.15) is 45.6 Å². The highest BCUT2D eigenvalue weighted by molar-refractivity contribution is 9.10. The summed E-state index contributed by atoms with van der Waals surface area (Å²) in [5.41, 5.74) is 1.69. The Labute approximate surface area is 130 Å². The summed E-state index contributed by atoms with van der Waals surface area (Å²) in [5.74, 6) is 2.13. The first-order chi connectivity index (χ1) is 9.51. The number of halogens is 1. The normalized spacial score (nSPS) is 26.3. The molecule has 1 N–H and O–H groups in total. The third kappa shape index (κ3) is 3.55. The molecular weight excluding hydrogens is 312 g/mol. The van der Waals surface area contributed by atoms with E-state index in [1.807, 2.05) is 18.2 Å². The van der Waals surface area contributed by atoms with Crippen molar-refractivity contribution in [2.24, 2.45) is 17.8 Å². The number of rotatable bonds is 3. The van der Waals surface area contributed by atoms with Crippen LogP contribution in [0.5, 0.6) is 0 Å². The van der Waals surface area contributed by atoms with Crippen molar-refractivity contribution < 1.29 is 0 Å². The summed E-state index contributed by atoms with van der Waals surface area (Å²) in [7, 11) is 0. The Kier molecular flexibility index (Phi) is 5.10. The van der Waals surface area contributed by atoms with E-state index < -0.39 is 0 Å². The zero-order valence-corrected chi connectivity index (χ0v) is 14.1. The zero-order chi connectivity index (χ0) is 14.7. The first-order valence-corrected chi connectivity index (χ1v) is 8.26. The lowest BCUT2D eigenvalue weighted by Gasteiger charge is -2.38. The molecule has 0 spiro atoms. The molecule has 0 amide bonds. The maximum atomic E-state index is 9.26. The third-order valence-electron chi connectivity index (χ3n) is 4.47. The zero-order valence-electron chi connectivity index (χ0n) is 12.5. The molecule has 108 valence electrons. The first kappa shape index (κ1) is 15.4. The fraction of sp³-hybridized carbons (Fsp3) is 0.588. The first-order valence-electron chi connectivity index (χ1n) is 7.47. The van der Waals surface area contributed by atoms with Crippen molar-refractivity contribution in [3.05, 3.63) is 28.2 Å². The fourth-order valence-corrected chi connectivity index (χ4v) is 3.66. The van der Waals surface area contributed by atoms with Crippen LogP contribution in [0.15, 0.2) is 22.7 Å². The van der Waals surface area contributed by atoms with Gasteiger partial charge in [0.05, 0.1) is 11.3 Å². The van der Waals surface area contributed by atoms with Gasteiger partial charge in [0.2, 0.25) is 0 Å². The van der Waals surface area contributed by atoms with Crippen molar-refractivity contribution in [1.82, 2.24) is 0 Å². The second-order valence-corrected chi connectivity index (χ2v) is 7.29. The van der Waals surface area contributed by atoms with Gasteiger partial charge < -0.3 is 5.32 Å². The van der Waals surface area contributed by atoms with Crippen molar-refractivity contribution in [1.29, 1.82) is 5.26 Å². The van der Waals surface area contributed by atoms with E-state index in [0.717, 1.165) is 21.6 Å². The van der Waals surface area contributed by atoms with Gasteiger partial charge in [0, 0.05) is 10.5 Å². The Balaban J connectivity index is 2.22.